The molecule has 0 atom stereocenters. The molecule has 156 valence electrons. The zero-order valence-corrected chi connectivity index (χ0v) is 18.1. The van der Waals surface area contributed by atoms with E-state index in [2.05, 4.69) is 6.92 Å². The largest absolute Gasteiger partial charge is 0.286 e. The molecule has 0 aliphatic heterocycles. The normalized spacial score (nSPS) is 12.2. The predicted octanol–water partition coefficient (Wildman–Crippen LogP) is 7.47. The second kappa shape index (κ2) is 19.4. The van der Waals surface area contributed by atoms with Crippen LogP contribution in [-0.4, -0.2) is 18.7 Å². The van der Waals surface area contributed by atoms with E-state index in [1.165, 1.54) is 103 Å². The number of rotatable bonds is 20. The summed E-state index contributed by atoms with van der Waals surface area (Å²) in [6.45, 7) is 2.28. The summed E-state index contributed by atoms with van der Waals surface area (Å²) in [7, 11) is -3.80. The topological polar surface area (TPSA) is 54.4 Å². The molecular formula is C22H44O3S. The van der Waals surface area contributed by atoms with Crippen LogP contribution < -0.4 is 0 Å². The molecule has 1 N–H and O–H groups in total. The van der Waals surface area contributed by atoms with Crippen LogP contribution in [0.4, 0.5) is 0 Å². The summed E-state index contributed by atoms with van der Waals surface area (Å²) in [6, 6.07) is 0. The van der Waals surface area contributed by atoms with Crippen LogP contribution in [0.25, 0.3) is 0 Å². The summed E-state index contributed by atoms with van der Waals surface area (Å²) in [5.41, 5.74) is 0. The van der Waals surface area contributed by atoms with Crippen LogP contribution in [0.1, 0.15) is 122 Å². The Hall–Kier alpha value is -0.350. The fourth-order valence-electron chi connectivity index (χ4n) is 3.26. The first-order chi connectivity index (χ1) is 12.6. The van der Waals surface area contributed by atoms with Gasteiger partial charge in [-0.15, -0.1) is 0 Å². The average Bonchev–Trinajstić information content (AvgIpc) is 2.59. The molecule has 0 fully saturated rings. The molecule has 0 aromatic rings. The minimum Gasteiger partial charge on any atom is -0.286 e. The lowest BCUT2D eigenvalue weighted by Crippen LogP contribution is -2.01. The highest BCUT2D eigenvalue weighted by Crippen LogP contribution is 2.14. The van der Waals surface area contributed by atoms with E-state index in [1.54, 1.807) is 0 Å². The standard InChI is InChI=1S/C22H44O3S/c1-2-3-4-5-6-7-8-9-10-11-12-13-14-15-16-17-18-19-20-21-22-26(23,24)25/h19-20H,2-18,21-22H2,1H3,(H,23,24,25). The lowest BCUT2D eigenvalue weighted by molar-refractivity contribution is 0.483. The predicted molar refractivity (Wildman–Crippen MR) is 114 cm³/mol. The highest BCUT2D eigenvalue weighted by Gasteiger charge is 2.00. The minimum absolute atomic E-state index is 0.164. The molecule has 0 bridgehead atoms. The first kappa shape index (κ1) is 25.6. The first-order valence-electron chi connectivity index (χ1n) is 11.2. The van der Waals surface area contributed by atoms with E-state index < -0.39 is 10.1 Å². The maximum Gasteiger partial charge on any atom is 0.265 e. The molecule has 0 radical (unpaired) electrons. The quantitative estimate of drug-likeness (QED) is 0.134. The lowest BCUT2D eigenvalue weighted by Gasteiger charge is -2.03. The summed E-state index contributed by atoms with van der Waals surface area (Å²) in [4.78, 5) is 0. The van der Waals surface area contributed by atoms with E-state index in [0.717, 1.165) is 6.42 Å². The summed E-state index contributed by atoms with van der Waals surface area (Å²) < 4.78 is 29.7. The summed E-state index contributed by atoms with van der Waals surface area (Å²) >= 11 is 0. The number of allylic oxidation sites excluding steroid dienone is 2. The molecule has 0 saturated carbocycles. The van der Waals surface area contributed by atoms with Gasteiger partial charge in [-0.2, -0.15) is 8.42 Å². The Morgan fingerprint density at radius 2 is 0.923 bits per heavy atom. The Morgan fingerprint density at radius 1 is 0.577 bits per heavy atom. The summed E-state index contributed by atoms with van der Waals surface area (Å²) in [5.74, 6) is -0.164. The third-order valence-corrected chi connectivity index (χ3v) is 5.69. The van der Waals surface area contributed by atoms with E-state index in [4.69, 9.17) is 4.55 Å². The van der Waals surface area contributed by atoms with Gasteiger partial charge in [-0.1, -0.05) is 115 Å². The van der Waals surface area contributed by atoms with Crippen molar-refractivity contribution in [2.75, 3.05) is 5.75 Å². The van der Waals surface area contributed by atoms with Crippen molar-refractivity contribution >= 4 is 10.1 Å². The van der Waals surface area contributed by atoms with Gasteiger partial charge in [-0.3, -0.25) is 4.55 Å². The Labute approximate surface area is 163 Å². The molecule has 3 nitrogen and oxygen atoms in total. The van der Waals surface area contributed by atoms with Crippen LogP contribution in [0.15, 0.2) is 12.2 Å². The smallest absolute Gasteiger partial charge is 0.265 e. The highest BCUT2D eigenvalue weighted by molar-refractivity contribution is 7.85. The molecule has 26 heavy (non-hydrogen) atoms. The van der Waals surface area contributed by atoms with Gasteiger partial charge in [0.15, 0.2) is 0 Å². The molecule has 0 aromatic heterocycles. The summed E-state index contributed by atoms with van der Waals surface area (Å²) in [6.07, 6.45) is 27.4. The fourth-order valence-corrected chi connectivity index (χ4v) is 3.70. The monoisotopic (exact) mass is 388 g/mol. The van der Waals surface area contributed by atoms with Crippen molar-refractivity contribution in [2.24, 2.45) is 0 Å². The van der Waals surface area contributed by atoms with Crippen LogP contribution in [0.3, 0.4) is 0 Å². The van der Waals surface area contributed by atoms with Crippen molar-refractivity contribution in [3.63, 3.8) is 0 Å². The van der Waals surface area contributed by atoms with Crippen LogP contribution in [-0.2, 0) is 10.1 Å². The van der Waals surface area contributed by atoms with Gasteiger partial charge in [-0.05, 0) is 19.3 Å². The highest BCUT2D eigenvalue weighted by atomic mass is 32.2. The SMILES string of the molecule is CCCCCCCCCCCCCCCCCCC=CCCS(=O)(=O)O. The molecule has 0 spiro atoms. The fraction of sp³-hybridized carbons (Fsp3) is 0.909. The van der Waals surface area contributed by atoms with Crippen molar-refractivity contribution in [1.29, 1.82) is 0 Å². The minimum atomic E-state index is -3.80. The van der Waals surface area contributed by atoms with Crippen molar-refractivity contribution in [3.05, 3.63) is 12.2 Å². The Bertz CT molecular complexity index is 402. The van der Waals surface area contributed by atoms with Crippen molar-refractivity contribution < 1.29 is 13.0 Å². The number of unbranched alkanes of at least 4 members (excludes halogenated alkanes) is 16. The van der Waals surface area contributed by atoms with Crippen LogP contribution >= 0.6 is 0 Å². The molecule has 0 aliphatic rings. The van der Waals surface area contributed by atoms with Crippen LogP contribution in [0, 0.1) is 0 Å². The van der Waals surface area contributed by atoms with E-state index in [9.17, 15) is 8.42 Å². The maximum atomic E-state index is 10.5. The first-order valence-corrected chi connectivity index (χ1v) is 12.8. The van der Waals surface area contributed by atoms with E-state index >= 15 is 0 Å². The van der Waals surface area contributed by atoms with E-state index in [1.807, 2.05) is 12.2 Å². The van der Waals surface area contributed by atoms with Gasteiger partial charge in [0.2, 0.25) is 0 Å². The van der Waals surface area contributed by atoms with E-state index in [-0.39, 0.29) is 5.75 Å². The van der Waals surface area contributed by atoms with Crippen molar-refractivity contribution in [3.8, 4) is 0 Å². The average molecular weight is 389 g/mol. The zero-order chi connectivity index (χ0) is 19.3. The molecule has 0 aliphatic carbocycles. The zero-order valence-electron chi connectivity index (χ0n) is 17.3. The molecule has 4 heteroatoms. The third kappa shape index (κ3) is 23.6. The Morgan fingerprint density at radius 3 is 1.31 bits per heavy atom. The van der Waals surface area contributed by atoms with Gasteiger partial charge < -0.3 is 0 Å². The van der Waals surface area contributed by atoms with Crippen LogP contribution in [0.2, 0.25) is 0 Å². The van der Waals surface area contributed by atoms with Crippen molar-refractivity contribution in [2.45, 2.75) is 122 Å². The lowest BCUT2D eigenvalue weighted by atomic mass is 10.0. The number of hydrogen-bond acceptors (Lipinski definition) is 2. The van der Waals surface area contributed by atoms with Gasteiger partial charge in [0.05, 0.1) is 5.75 Å². The molecule has 0 amide bonds. The number of hydrogen-bond donors (Lipinski definition) is 1. The molecule has 0 saturated heterocycles. The molecular weight excluding hydrogens is 344 g/mol. The van der Waals surface area contributed by atoms with Gasteiger partial charge in [0, 0.05) is 0 Å². The summed E-state index contributed by atoms with van der Waals surface area (Å²) in [5, 5.41) is 0. The molecule has 0 aromatic carbocycles. The molecule has 0 unspecified atom stereocenters. The van der Waals surface area contributed by atoms with Crippen LogP contribution in [0.5, 0.6) is 0 Å². The molecule has 0 rings (SSSR count). The maximum absolute atomic E-state index is 10.5. The molecule has 0 heterocycles. The van der Waals surface area contributed by atoms with Gasteiger partial charge >= 0.3 is 0 Å². The second-order valence-corrected chi connectivity index (χ2v) is 9.21. The Balaban J connectivity index is 3.10. The van der Waals surface area contributed by atoms with Gasteiger partial charge in [-0.25, -0.2) is 0 Å². The Kier molecular flexibility index (Phi) is 19.2. The second-order valence-electron chi connectivity index (χ2n) is 7.64. The van der Waals surface area contributed by atoms with Gasteiger partial charge in [0.1, 0.15) is 0 Å². The van der Waals surface area contributed by atoms with Gasteiger partial charge in [0.25, 0.3) is 10.1 Å². The van der Waals surface area contributed by atoms with Crippen molar-refractivity contribution in [1.82, 2.24) is 0 Å². The third-order valence-electron chi connectivity index (χ3n) is 4.93. The van der Waals surface area contributed by atoms with E-state index in [0.29, 0.717) is 6.42 Å².